The maximum absolute atomic E-state index is 15.9. The monoisotopic (exact) mass is 518 g/mol. The molecule has 4 atom stereocenters. The van der Waals surface area contributed by atoms with Crippen molar-refractivity contribution in [2.24, 2.45) is 5.41 Å². The van der Waals surface area contributed by atoms with Crippen LogP contribution in [0.25, 0.3) is 5.57 Å². The second kappa shape index (κ2) is 9.33. The quantitative estimate of drug-likeness (QED) is 0.542. The van der Waals surface area contributed by atoms with E-state index < -0.39 is 75.7 Å². The molecule has 1 aliphatic heterocycles. The van der Waals surface area contributed by atoms with E-state index in [2.05, 4.69) is 0 Å². The van der Waals surface area contributed by atoms with Crippen molar-refractivity contribution in [1.29, 1.82) is 0 Å². The molecule has 2 unspecified atom stereocenters. The molecule has 1 amide bonds. The topological polar surface area (TPSA) is 86.7 Å². The summed E-state index contributed by atoms with van der Waals surface area (Å²) in [6.07, 6.45) is 2.06. The lowest BCUT2D eigenvalue weighted by atomic mass is 9.71. The lowest BCUT2D eigenvalue weighted by Gasteiger charge is -2.40. The molecule has 2 N–H and O–H groups in total. The second-order valence-corrected chi connectivity index (χ2v) is 11.9. The van der Waals surface area contributed by atoms with Crippen LogP contribution in [0.15, 0.2) is 42.5 Å². The Bertz CT molecular complexity index is 1150. The highest BCUT2D eigenvalue weighted by Gasteiger charge is 2.60. The van der Waals surface area contributed by atoms with Gasteiger partial charge in [-0.25, -0.2) is 30.7 Å². The first-order valence-corrected chi connectivity index (χ1v) is 12.9. The summed E-state index contributed by atoms with van der Waals surface area (Å²) >= 11 is 0. The summed E-state index contributed by atoms with van der Waals surface area (Å²) in [7, 11) is -4.13. The Morgan fingerprint density at radius 1 is 1.29 bits per heavy atom. The minimum Gasteiger partial charge on any atom is -0.381 e. The number of carbonyl (C=O) groups is 1. The van der Waals surface area contributed by atoms with E-state index in [0.29, 0.717) is 0 Å². The van der Waals surface area contributed by atoms with Crippen LogP contribution in [0.4, 0.5) is 17.6 Å². The van der Waals surface area contributed by atoms with Gasteiger partial charge in [-0.2, -0.15) is 0 Å². The maximum atomic E-state index is 15.9. The van der Waals surface area contributed by atoms with Gasteiger partial charge in [0, 0.05) is 11.0 Å². The Labute approximate surface area is 202 Å². The van der Waals surface area contributed by atoms with E-state index in [-0.39, 0.29) is 11.1 Å². The fourth-order valence-corrected chi connectivity index (χ4v) is 5.47. The number of carbonyl (C=O) groups excluding carboxylic acids is 1. The van der Waals surface area contributed by atoms with E-state index in [1.807, 2.05) is 4.72 Å². The number of hydrogen-bond donors (Lipinski definition) is 2. The molecule has 0 radical (unpaired) electrons. The minimum absolute atomic E-state index is 0.00362. The zero-order valence-corrected chi connectivity index (χ0v) is 20.8. The van der Waals surface area contributed by atoms with E-state index in [0.717, 1.165) is 18.7 Å². The van der Waals surface area contributed by atoms with Crippen LogP contribution in [-0.4, -0.2) is 66.4 Å². The molecule has 35 heavy (non-hydrogen) atoms. The summed E-state index contributed by atoms with van der Waals surface area (Å²) < 4.78 is 87.0. The summed E-state index contributed by atoms with van der Waals surface area (Å²) in [6.45, 7) is 3.83. The van der Waals surface area contributed by atoms with Gasteiger partial charge in [0.2, 0.25) is 10.0 Å². The third kappa shape index (κ3) is 5.46. The fourth-order valence-electron chi connectivity index (χ4n) is 4.59. The summed E-state index contributed by atoms with van der Waals surface area (Å²) in [6, 6.07) is 2.04. The molecule has 11 heteroatoms. The molecule has 1 fully saturated rings. The number of benzene rings is 1. The van der Waals surface area contributed by atoms with Crippen molar-refractivity contribution in [2.45, 2.75) is 63.9 Å². The Hall–Kier alpha value is -2.24. The standard InChI is InChI=1S/C24H30F4N2O4S/c1-5-35(33,34)29-20-18(30(14-24(20,27)28)21(31)22(2,3)32)13-23(4)12-8-10-16(19(23)26)15-9-6-7-11-17(15)25/h6-12,18-20,29,32H,5,13-14H2,1-4H3/t18-,19?,20+,23?/m0/s1. The first kappa shape index (κ1) is 27.3. The van der Waals surface area contributed by atoms with Crippen LogP contribution in [0.5, 0.6) is 0 Å². The third-order valence-corrected chi connectivity index (χ3v) is 7.90. The Morgan fingerprint density at radius 2 is 1.91 bits per heavy atom. The highest BCUT2D eigenvalue weighted by atomic mass is 32.2. The van der Waals surface area contributed by atoms with Crippen molar-refractivity contribution >= 4 is 21.5 Å². The van der Waals surface area contributed by atoms with Gasteiger partial charge in [0.05, 0.1) is 18.3 Å². The van der Waals surface area contributed by atoms with Gasteiger partial charge in [0.25, 0.3) is 11.8 Å². The summed E-state index contributed by atoms with van der Waals surface area (Å²) in [5.41, 5.74) is -3.50. The molecular weight excluding hydrogens is 488 g/mol. The third-order valence-electron chi connectivity index (χ3n) is 6.53. The van der Waals surface area contributed by atoms with Crippen LogP contribution < -0.4 is 4.72 Å². The van der Waals surface area contributed by atoms with E-state index in [9.17, 15) is 22.7 Å². The molecule has 0 saturated carbocycles. The zero-order valence-electron chi connectivity index (χ0n) is 19.9. The van der Waals surface area contributed by atoms with Crippen LogP contribution in [0.3, 0.4) is 0 Å². The highest BCUT2D eigenvalue weighted by molar-refractivity contribution is 7.89. The van der Waals surface area contributed by atoms with Crippen LogP contribution >= 0.6 is 0 Å². The number of halogens is 4. The Kier molecular flexibility index (Phi) is 7.29. The number of amides is 1. The van der Waals surface area contributed by atoms with Crippen LogP contribution in [0.1, 0.15) is 39.7 Å². The average molecular weight is 519 g/mol. The minimum atomic E-state index is -4.13. The van der Waals surface area contributed by atoms with E-state index in [1.54, 1.807) is 6.07 Å². The molecule has 0 bridgehead atoms. The molecule has 1 aromatic rings. The largest absolute Gasteiger partial charge is 0.381 e. The van der Waals surface area contributed by atoms with E-state index in [1.165, 1.54) is 50.3 Å². The number of likely N-dealkylation sites (tertiary alicyclic amines) is 1. The molecule has 1 saturated heterocycles. The van der Waals surface area contributed by atoms with Crippen molar-refractivity contribution in [1.82, 2.24) is 9.62 Å². The van der Waals surface area contributed by atoms with Gasteiger partial charge in [-0.1, -0.05) is 43.4 Å². The number of hydrogen-bond acceptors (Lipinski definition) is 4. The van der Waals surface area contributed by atoms with Crippen molar-refractivity contribution in [2.75, 3.05) is 12.3 Å². The molecule has 6 nitrogen and oxygen atoms in total. The first-order valence-electron chi connectivity index (χ1n) is 11.2. The Morgan fingerprint density at radius 3 is 2.49 bits per heavy atom. The number of alkyl halides is 3. The molecule has 194 valence electrons. The lowest BCUT2D eigenvalue weighted by Crippen LogP contribution is -2.55. The number of sulfonamides is 1. The second-order valence-electron chi connectivity index (χ2n) is 9.85. The molecule has 0 spiro atoms. The smallest absolute Gasteiger partial charge is 0.283 e. The normalized spacial score (nSPS) is 28.8. The fraction of sp³-hybridized carbons (Fsp3) is 0.542. The maximum Gasteiger partial charge on any atom is 0.283 e. The SMILES string of the molecule is CCS(=O)(=O)N[C@@H]1[C@H](CC2(C)C=CC=C(c3ccccc3F)C2F)N(C(=O)C(C)(C)O)CC1(F)F. The Balaban J connectivity index is 2.03. The van der Waals surface area contributed by atoms with Gasteiger partial charge in [0.1, 0.15) is 23.6 Å². The number of aliphatic hydroxyl groups is 1. The zero-order chi connectivity index (χ0) is 26.4. The van der Waals surface area contributed by atoms with Crippen molar-refractivity contribution in [3.8, 4) is 0 Å². The van der Waals surface area contributed by atoms with Crippen LogP contribution in [0.2, 0.25) is 0 Å². The summed E-state index contributed by atoms with van der Waals surface area (Å²) in [5.74, 6) is -5.85. The molecule has 1 aromatic carbocycles. The number of allylic oxidation sites excluding steroid dienone is 4. The van der Waals surface area contributed by atoms with Crippen molar-refractivity contribution in [3.63, 3.8) is 0 Å². The molecule has 2 aliphatic rings. The number of nitrogens with zero attached hydrogens (tertiary/aromatic N) is 1. The lowest BCUT2D eigenvalue weighted by molar-refractivity contribution is -0.150. The predicted molar refractivity (Wildman–Crippen MR) is 124 cm³/mol. The molecule has 1 aliphatic carbocycles. The van der Waals surface area contributed by atoms with Gasteiger partial charge >= 0.3 is 0 Å². The molecule has 0 aromatic heterocycles. The average Bonchev–Trinajstić information content (AvgIpc) is 2.99. The summed E-state index contributed by atoms with van der Waals surface area (Å²) in [4.78, 5) is 13.6. The highest BCUT2D eigenvalue weighted by Crippen LogP contribution is 2.46. The van der Waals surface area contributed by atoms with Gasteiger partial charge in [-0.05, 0) is 38.8 Å². The molecular formula is C24H30F4N2O4S. The van der Waals surface area contributed by atoms with Gasteiger partial charge in [-0.15, -0.1) is 0 Å². The summed E-state index contributed by atoms with van der Waals surface area (Å²) in [5, 5.41) is 10.2. The van der Waals surface area contributed by atoms with Gasteiger partial charge < -0.3 is 10.0 Å². The number of rotatable bonds is 7. The molecule has 3 rings (SSSR count). The van der Waals surface area contributed by atoms with Crippen LogP contribution in [0, 0.1) is 11.2 Å². The predicted octanol–water partition coefficient (Wildman–Crippen LogP) is 3.44. The number of nitrogens with one attached hydrogen (secondary N) is 1. The van der Waals surface area contributed by atoms with Gasteiger partial charge in [-0.3, -0.25) is 4.79 Å². The van der Waals surface area contributed by atoms with E-state index in [4.69, 9.17) is 0 Å². The van der Waals surface area contributed by atoms with Gasteiger partial charge in [0.15, 0.2) is 0 Å². The van der Waals surface area contributed by atoms with Crippen molar-refractivity contribution < 1.29 is 35.9 Å². The van der Waals surface area contributed by atoms with E-state index >= 15 is 13.2 Å². The molecule has 1 heterocycles. The van der Waals surface area contributed by atoms with Crippen LogP contribution in [-0.2, 0) is 14.8 Å². The first-order chi connectivity index (χ1) is 16.0. The van der Waals surface area contributed by atoms with Crippen molar-refractivity contribution in [3.05, 3.63) is 53.9 Å².